The first-order valence-corrected chi connectivity index (χ1v) is 11.2. The molecule has 0 aromatic rings. The molecule has 6 N–H and O–H groups in total. The average Bonchev–Trinajstić information content (AvgIpc) is 2.75. The zero-order chi connectivity index (χ0) is 24.3. The molecule has 184 valence electrons. The van der Waals surface area contributed by atoms with Gasteiger partial charge in [0.1, 0.15) is 24.3 Å². The van der Waals surface area contributed by atoms with Crippen molar-refractivity contribution in [2.24, 2.45) is 0 Å². The molecule has 12 nitrogen and oxygen atoms in total. The van der Waals surface area contributed by atoms with Gasteiger partial charge in [-0.25, -0.2) is 0 Å². The summed E-state index contributed by atoms with van der Waals surface area (Å²) >= 11 is 1.49. The van der Waals surface area contributed by atoms with E-state index in [0.717, 1.165) is 13.0 Å². The van der Waals surface area contributed by atoms with E-state index >= 15 is 0 Å². The van der Waals surface area contributed by atoms with E-state index in [1.54, 1.807) is 0 Å². The summed E-state index contributed by atoms with van der Waals surface area (Å²) in [6, 6.07) is -1.26. The van der Waals surface area contributed by atoms with Gasteiger partial charge in [0.25, 0.3) is 0 Å². The number of ether oxygens (including phenoxy) is 2. The molecule has 2 amide bonds. The molecule has 1 saturated heterocycles. The van der Waals surface area contributed by atoms with E-state index in [1.165, 1.54) is 11.8 Å². The summed E-state index contributed by atoms with van der Waals surface area (Å²) in [6.45, 7) is 3.96. The van der Waals surface area contributed by atoms with Gasteiger partial charge in [0, 0.05) is 25.6 Å². The number of amides is 2. The van der Waals surface area contributed by atoms with Gasteiger partial charge < -0.3 is 50.4 Å². The fourth-order valence-electron chi connectivity index (χ4n) is 3.09. The van der Waals surface area contributed by atoms with Crippen molar-refractivity contribution in [3.63, 3.8) is 0 Å². The fraction of sp³-hybridized carbons (Fsp3) is 0.737. The molecule has 0 radical (unpaired) electrons. The number of thioether (sulfide) groups is 1. The van der Waals surface area contributed by atoms with Crippen molar-refractivity contribution >= 4 is 29.5 Å². The molecular weight excluding hydrogens is 471 g/mol. The van der Waals surface area contributed by atoms with Crippen LogP contribution >= 0.6 is 11.8 Å². The number of carbonyl (C=O) groups excluding carboxylic acids is 3. The Balaban J connectivity index is 0.0000102. The molecule has 0 spiro atoms. The van der Waals surface area contributed by atoms with E-state index in [4.69, 9.17) is 14.6 Å². The van der Waals surface area contributed by atoms with Gasteiger partial charge in [-0.15, -0.1) is 0 Å². The van der Waals surface area contributed by atoms with Gasteiger partial charge in [-0.2, -0.15) is 11.8 Å². The number of hydrogen-bond acceptors (Lipinski definition) is 11. The predicted molar refractivity (Wildman–Crippen MR) is 111 cm³/mol. The SMILES string of the molecule is C=CC(=O)NCCSCCCOC1(C(=O)[O-])CC(O)C(NC(C)=O)C(C(O)C(O)CO)O1.[Na+]. The molecule has 1 aliphatic rings. The van der Waals surface area contributed by atoms with Gasteiger partial charge in [-0.05, 0) is 18.2 Å². The molecule has 6 unspecified atom stereocenters. The molecule has 0 saturated carbocycles. The summed E-state index contributed by atoms with van der Waals surface area (Å²) in [4.78, 5) is 34.4. The molecule has 0 aliphatic carbocycles. The largest absolute Gasteiger partial charge is 1.00 e. The van der Waals surface area contributed by atoms with Crippen molar-refractivity contribution in [2.45, 2.75) is 56.0 Å². The number of aliphatic hydroxyl groups excluding tert-OH is 4. The van der Waals surface area contributed by atoms with Crippen molar-refractivity contribution in [1.82, 2.24) is 10.6 Å². The van der Waals surface area contributed by atoms with Gasteiger partial charge >= 0.3 is 29.6 Å². The Bertz CT molecular complexity index is 658. The Kier molecular flexibility index (Phi) is 15.7. The molecule has 1 rings (SSSR count). The van der Waals surface area contributed by atoms with E-state index in [-0.39, 0.29) is 42.1 Å². The van der Waals surface area contributed by atoms with Crippen LogP contribution in [0, 0.1) is 0 Å². The predicted octanol–water partition coefficient (Wildman–Crippen LogP) is -6.75. The maximum Gasteiger partial charge on any atom is 1.00 e. The van der Waals surface area contributed by atoms with Gasteiger partial charge in [-0.3, -0.25) is 9.59 Å². The van der Waals surface area contributed by atoms with Crippen molar-refractivity contribution in [1.29, 1.82) is 0 Å². The van der Waals surface area contributed by atoms with E-state index in [9.17, 15) is 34.8 Å². The molecule has 1 aliphatic heterocycles. The Hall–Kier alpha value is -0.740. The maximum atomic E-state index is 11.8. The Labute approximate surface area is 218 Å². The second-order valence-electron chi connectivity index (χ2n) is 7.17. The number of aliphatic hydroxyl groups is 4. The van der Waals surface area contributed by atoms with Crippen LogP contribution in [0.25, 0.3) is 0 Å². The number of nitrogens with one attached hydrogen (secondary N) is 2. The van der Waals surface area contributed by atoms with Crippen LogP contribution < -0.4 is 45.3 Å². The monoisotopic (exact) mass is 502 g/mol. The van der Waals surface area contributed by atoms with E-state index < -0.39 is 61.1 Å². The standard InChI is InChI=1S/C19H32N2O10S.Na/c1-3-14(26)20-5-8-32-7-4-6-30-19(18(28)29)9-12(24)15(21-11(2)23)17(31-19)16(27)13(25)10-22;/h3,12-13,15-17,22,24-25,27H,1,4-10H2,2H3,(H,20,26)(H,21,23)(H,28,29);/q;+1/p-1. The fourth-order valence-corrected chi connectivity index (χ4v) is 3.86. The first kappa shape index (κ1) is 32.3. The minimum absolute atomic E-state index is 0. The van der Waals surface area contributed by atoms with Crippen molar-refractivity contribution in [3.05, 3.63) is 12.7 Å². The van der Waals surface area contributed by atoms with Crippen LogP contribution in [0.2, 0.25) is 0 Å². The van der Waals surface area contributed by atoms with E-state index in [2.05, 4.69) is 17.2 Å². The second-order valence-corrected chi connectivity index (χ2v) is 8.40. The molecule has 1 fully saturated rings. The zero-order valence-corrected chi connectivity index (χ0v) is 21.6. The number of carbonyl (C=O) groups is 3. The molecule has 0 bridgehead atoms. The number of rotatable bonds is 14. The average molecular weight is 503 g/mol. The minimum Gasteiger partial charge on any atom is -0.544 e. The number of hydrogen-bond donors (Lipinski definition) is 6. The Morgan fingerprint density at radius 3 is 2.58 bits per heavy atom. The van der Waals surface area contributed by atoms with E-state index in [1.807, 2.05) is 0 Å². The van der Waals surface area contributed by atoms with Gasteiger partial charge in [0.05, 0.1) is 25.4 Å². The summed E-state index contributed by atoms with van der Waals surface area (Å²) in [5.41, 5.74) is 0. The maximum absolute atomic E-state index is 11.8. The summed E-state index contributed by atoms with van der Waals surface area (Å²) in [7, 11) is 0. The normalized spacial score (nSPS) is 26.4. The van der Waals surface area contributed by atoms with Crippen LogP contribution in [0.15, 0.2) is 12.7 Å². The van der Waals surface area contributed by atoms with Gasteiger partial charge in [0.15, 0.2) is 0 Å². The first-order valence-electron chi connectivity index (χ1n) is 10.0. The van der Waals surface area contributed by atoms with Crippen LogP contribution in [-0.2, 0) is 23.9 Å². The minimum atomic E-state index is -2.43. The van der Waals surface area contributed by atoms with Crippen LogP contribution in [0.1, 0.15) is 19.8 Å². The summed E-state index contributed by atoms with van der Waals surface area (Å²) < 4.78 is 10.8. The third-order valence-corrected chi connectivity index (χ3v) is 5.74. The van der Waals surface area contributed by atoms with Crippen molar-refractivity contribution in [2.75, 3.05) is 31.3 Å². The Morgan fingerprint density at radius 2 is 2.03 bits per heavy atom. The van der Waals surface area contributed by atoms with Gasteiger partial charge in [-0.1, -0.05) is 6.58 Å². The van der Waals surface area contributed by atoms with E-state index in [0.29, 0.717) is 24.5 Å². The van der Waals surface area contributed by atoms with Crippen LogP contribution in [-0.4, -0.2) is 106 Å². The van der Waals surface area contributed by atoms with Gasteiger partial charge in [0.2, 0.25) is 17.6 Å². The smallest absolute Gasteiger partial charge is 0.544 e. The molecule has 0 aromatic carbocycles. The second kappa shape index (κ2) is 16.0. The molecule has 14 heteroatoms. The summed E-state index contributed by atoms with van der Waals surface area (Å²) in [5.74, 6) is -3.91. The van der Waals surface area contributed by atoms with Crippen LogP contribution in [0.5, 0.6) is 0 Å². The number of carboxylic acid groups (broad SMARTS) is 1. The van der Waals surface area contributed by atoms with Crippen LogP contribution in [0.3, 0.4) is 0 Å². The first-order chi connectivity index (χ1) is 15.1. The topological polar surface area (TPSA) is 198 Å². The molecule has 33 heavy (non-hydrogen) atoms. The van der Waals surface area contributed by atoms with Crippen molar-refractivity contribution in [3.8, 4) is 0 Å². The third kappa shape index (κ3) is 10.2. The summed E-state index contributed by atoms with van der Waals surface area (Å²) in [6.07, 6.45) is -5.72. The third-order valence-electron chi connectivity index (χ3n) is 4.67. The quantitative estimate of drug-likeness (QED) is 0.0750. The molecular formula is C19H31N2NaO10S. The molecule has 0 aromatic heterocycles. The number of carboxylic acids is 1. The van der Waals surface area contributed by atoms with Crippen LogP contribution in [0.4, 0.5) is 0 Å². The number of aliphatic carboxylic acids is 1. The molecule has 6 atom stereocenters. The Morgan fingerprint density at radius 1 is 1.36 bits per heavy atom. The van der Waals surface area contributed by atoms with Crippen molar-refractivity contribution < 1.29 is 78.9 Å². The zero-order valence-electron chi connectivity index (χ0n) is 18.8. The summed E-state index contributed by atoms with van der Waals surface area (Å²) in [5, 5.41) is 56.5. The molecule has 1 heterocycles.